The van der Waals surface area contributed by atoms with Crippen molar-refractivity contribution in [3.8, 4) is 6.07 Å². The van der Waals surface area contributed by atoms with Crippen molar-refractivity contribution in [2.75, 3.05) is 6.26 Å². The Balaban J connectivity index is 4.58. The highest BCUT2D eigenvalue weighted by atomic mass is 32.2. The summed E-state index contributed by atoms with van der Waals surface area (Å²) in [5.41, 5.74) is -1.03. The summed E-state index contributed by atoms with van der Waals surface area (Å²) in [5, 5.41) is 18.8. The van der Waals surface area contributed by atoms with Gasteiger partial charge < -0.3 is 5.11 Å². The zero-order valence-corrected chi connectivity index (χ0v) is 6.70. The standard InChI is InChI=1S/C4H4N2O5S/c1-12(9,10)11-6-3(2-5)4(7)8/h1H3,(H,7,8). The molecule has 0 aromatic rings. The topological polar surface area (TPSA) is 117 Å². The Bertz CT molecular complexity index is 348. The van der Waals surface area contributed by atoms with Crippen LogP contribution in [0.4, 0.5) is 0 Å². The zero-order chi connectivity index (χ0) is 9.78. The van der Waals surface area contributed by atoms with Crippen molar-refractivity contribution in [2.45, 2.75) is 0 Å². The fraction of sp³-hybridized carbons (Fsp3) is 0.250. The summed E-state index contributed by atoms with van der Waals surface area (Å²) in [4.78, 5) is 10.0. The van der Waals surface area contributed by atoms with Gasteiger partial charge in [-0.2, -0.15) is 13.7 Å². The summed E-state index contributed by atoms with van der Waals surface area (Å²) in [6, 6.07) is 1.14. The van der Waals surface area contributed by atoms with Gasteiger partial charge in [0.2, 0.25) is 0 Å². The second-order valence-electron chi connectivity index (χ2n) is 1.64. The van der Waals surface area contributed by atoms with Crippen LogP contribution in [0.3, 0.4) is 0 Å². The first kappa shape index (κ1) is 10.4. The van der Waals surface area contributed by atoms with Crippen molar-refractivity contribution in [3.63, 3.8) is 0 Å². The van der Waals surface area contributed by atoms with Crippen LogP contribution in [0.1, 0.15) is 0 Å². The van der Waals surface area contributed by atoms with Gasteiger partial charge in [0.25, 0.3) is 5.71 Å². The number of rotatable bonds is 3. The molecule has 0 amide bonds. The van der Waals surface area contributed by atoms with E-state index in [9.17, 15) is 13.2 Å². The largest absolute Gasteiger partial charge is 0.476 e. The van der Waals surface area contributed by atoms with E-state index in [0.717, 1.165) is 6.07 Å². The molecule has 0 saturated heterocycles. The van der Waals surface area contributed by atoms with Gasteiger partial charge in [0.05, 0.1) is 6.26 Å². The molecule has 0 radical (unpaired) electrons. The van der Waals surface area contributed by atoms with E-state index in [1.165, 1.54) is 0 Å². The first-order chi connectivity index (χ1) is 5.37. The van der Waals surface area contributed by atoms with Crippen LogP contribution < -0.4 is 0 Å². The van der Waals surface area contributed by atoms with Gasteiger partial charge in [-0.3, -0.25) is 4.28 Å². The highest BCUT2D eigenvalue weighted by Crippen LogP contribution is 1.88. The van der Waals surface area contributed by atoms with Gasteiger partial charge >= 0.3 is 16.1 Å². The van der Waals surface area contributed by atoms with Crippen LogP contribution in [0.2, 0.25) is 0 Å². The molecule has 0 atom stereocenters. The summed E-state index contributed by atoms with van der Waals surface area (Å²) in [6.07, 6.45) is 0.674. The quantitative estimate of drug-likeness (QED) is 0.449. The average Bonchev–Trinajstić information content (AvgIpc) is 1.85. The Labute approximate surface area is 68.0 Å². The van der Waals surface area contributed by atoms with E-state index in [0.29, 0.717) is 6.26 Å². The average molecular weight is 192 g/mol. The molecular formula is C4H4N2O5S. The molecule has 0 bridgehead atoms. The zero-order valence-electron chi connectivity index (χ0n) is 5.88. The summed E-state index contributed by atoms with van der Waals surface area (Å²) in [6.45, 7) is 0. The van der Waals surface area contributed by atoms with Gasteiger partial charge in [-0.15, -0.1) is 0 Å². The number of nitriles is 1. The van der Waals surface area contributed by atoms with E-state index in [1.807, 2.05) is 0 Å². The van der Waals surface area contributed by atoms with Crippen molar-refractivity contribution in [2.24, 2.45) is 5.16 Å². The third-order valence-electron chi connectivity index (χ3n) is 0.572. The van der Waals surface area contributed by atoms with Gasteiger partial charge in [-0.25, -0.2) is 4.79 Å². The number of aliphatic carboxylic acids is 1. The minimum Gasteiger partial charge on any atom is -0.476 e. The van der Waals surface area contributed by atoms with Crippen LogP contribution in [0.5, 0.6) is 0 Å². The Morgan fingerprint density at radius 1 is 1.67 bits per heavy atom. The van der Waals surface area contributed by atoms with Gasteiger partial charge in [-0.1, -0.05) is 0 Å². The van der Waals surface area contributed by atoms with Gasteiger partial charge in [0, 0.05) is 0 Å². The van der Waals surface area contributed by atoms with Crippen LogP contribution in [0.25, 0.3) is 0 Å². The third kappa shape index (κ3) is 4.24. The van der Waals surface area contributed by atoms with Crippen LogP contribution in [0.15, 0.2) is 5.16 Å². The molecule has 0 aromatic carbocycles. The molecule has 8 heteroatoms. The molecule has 1 N–H and O–H groups in total. The highest BCUT2D eigenvalue weighted by Gasteiger charge is 2.10. The first-order valence-electron chi connectivity index (χ1n) is 2.47. The Morgan fingerprint density at radius 3 is 2.42 bits per heavy atom. The Morgan fingerprint density at radius 2 is 2.17 bits per heavy atom. The first-order valence-corrected chi connectivity index (χ1v) is 4.28. The van der Waals surface area contributed by atoms with Crippen LogP contribution >= 0.6 is 0 Å². The number of carboxylic acid groups (broad SMARTS) is 1. The highest BCUT2D eigenvalue weighted by molar-refractivity contribution is 7.85. The minimum atomic E-state index is -3.86. The van der Waals surface area contributed by atoms with Gasteiger partial charge in [0.1, 0.15) is 6.07 Å². The third-order valence-corrected chi connectivity index (χ3v) is 0.918. The lowest BCUT2D eigenvalue weighted by Crippen LogP contribution is -2.12. The maximum atomic E-state index is 10.2. The smallest absolute Gasteiger partial charge is 0.369 e. The number of hydrogen-bond acceptors (Lipinski definition) is 6. The molecule has 0 spiro atoms. The molecule has 66 valence electrons. The minimum absolute atomic E-state index is 0.674. The molecule has 0 rings (SSSR count). The van der Waals surface area contributed by atoms with E-state index in [2.05, 4.69) is 9.44 Å². The Hall–Kier alpha value is -1.62. The molecule has 0 aliphatic carbocycles. The van der Waals surface area contributed by atoms with Crippen molar-refractivity contribution in [1.29, 1.82) is 5.26 Å². The van der Waals surface area contributed by atoms with Crippen LogP contribution in [0, 0.1) is 11.3 Å². The van der Waals surface area contributed by atoms with E-state index in [4.69, 9.17) is 10.4 Å². The lowest BCUT2D eigenvalue weighted by molar-refractivity contribution is -0.129. The Kier molecular flexibility index (Phi) is 3.18. The molecular weight excluding hydrogens is 188 g/mol. The number of oxime groups is 1. The van der Waals surface area contributed by atoms with Crippen LogP contribution in [-0.2, 0) is 19.2 Å². The van der Waals surface area contributed by atoms with Crippen molar-refractivity contribution >= 4 is 21.8 Å². The normalized spacial score (nSPS) is 11.8. The van der Waals surface area contributed by atoms with Crippen molar-refractivity contribution in [3.05, 3.63) is 0 Å². The number of nitrogens with zero attached hydrogens (tertiary/aromatic N) is 2. The van der Waals surface area contributed by atoms with Crippen molar-refractivity contribution in [1.82, 2.24) is 0 Å². The maximum absolute atomic E-state index is 10.2. The molecule has 0 unspecified atom stereocenters. The summed E-state index contributed by atoms with van der Waals surface area (Å²) < 4.78 is 24.2. The molecule has 0 heterocycles. The molecule has 7 nitrogen and oxygen atoms in total. The number of carboxylic acids is 1. The van der Waals surface area contributed by atoms with E-state index < -0.39 is 21.8 Å². The molecule has 0 fully saturated rings. The molecule has 0 saturated carbocycles. The fourth-order valence-electron chi connectivity index (χ4n) is 0.212. The lowest BCUT2D eigenvalue weighted by atomic mass is 10.4. The fourth-order valence-corrected chi connectivity index (χ4v) is 0.422. The second kappa shape index (κ2) is 3.68. The predicted molar refractivity (Wildman–Crippen MR) is 36.6 cm³/mol. The van der Waals surface area contributed by atoms with E-state index in [-0.39, 0.29) is 0 Å². The van der Waals surface area contributed by atoms with Crippen LogP contribution in [-0.4, -0.2) is 31.5 Å². The lowest BCUT2D eigenvalue weighted by Gasteiger charge is -1.91. The summed E-state index contributed by atoms with van der Waals surface area (Å²) in [5.74, 6) is -1.65. The van der Waals surface area contributed by atoms with Gasteiger partial charge in [-0.05, 0) is 5.16 Å². The monoisotopic (exact) mass is 192 g/mol. The maximum Gasteiger partial charge on any atom is 0.369 e. The molecule has 0 aliphatic rings. The molecule has 0 aromatic heterocycles. The SMILES string of the molecule is CS(=O)(=O)ON=C(C#N)C(=O)O. The molecule has 0 aliphatic heterocycles. The summed E-state index contributed by atoms with van der Waals surface area (Å²) in [7, 11) is -3.86. The van der Waals surface area contributed by atoms with Gasteiger partial charge in [0.15, 0.2) is 0 Å². The van der Waals surface area contributed by atoms with E-state index >= 15 is 0 Å². The number of hydrogen-bond donors (Lipinski definition) is 1. The number of carbonyl (C=O) groups is 1. The predicted octanol–water partition coefficient (Wildman–Crippen LogP) is -1.07. The second-order valence-corrected chi connectivity index (χ2v) is 3.19. The van der Waals surface area contributed by atoms with Crippen molar-refractivity contribution < 1.29 is 22.6 Å². The summed E-state index contributed by atoms with van der Waals surface area (Å²) >= 11 is 0. The molecule has 12 heavy (non-hydrogen) atoms. The van der Waals surface area contributed by atoms with E-state index in [1.54, 1.807) is 0 Å².